The molecule has 7 atom stereocenters. The predicted molar refractivity (Wildman–Crippen MR) is 153 cm³/mol. The molecule has 4 saturated carbocycles. The van der Waals surface area contributed by atoms with Crippen LogP contribution in [-0.2, 0) is 18.9 Å². The summed E-state index contributed by atoms with van der Waals surface area (Å²) >= 11 is 0. The molecule has 216 valence electrons. The fourth-order valence-electron chi connectivity index (χ4n) is 8.44. The molecule has 2 heterocycles. The third-order valence-corrected chi connectivity index (χ3v) is 11.5. The summed E-state index contributed by atoms with van der Waals surface area (Å²) in [6.45, 7) is 13.6. The molecule has 6 aliphatic rings. The second kappa shape index (κ2) is 10.9. The number of nitrogens with one attached hydrogen (secondary N) is 1. The maximum absolute atomic E-state index is 14.0. The average molecular weight is 552 g/mol. The van der Waals surface area contributed by atoms with Gasteiger partial charge in [-0.2, -0.15) is 0 Å². The summed E-state index contributed by atoms with van der Waals surface area (Å²) < 4.78 is 13.2. The van der Waals surface area contributed by atoms with Crippen LogP contribution in [0.1, 0.15) is 106 Å². The lowest BCUT2D eigenvalue weighted by atomic mass is 9.43. The molecule has 6 unspecified atom stereocenters. The maximum atomic E-state index is 14.0. The molecule has 38 heavy (non-hydrogen) atoms. The number of likely N-dealkylation sites (tertiary alicyclic amines) is 1. The van der Waals surface area contributed by atoms with Crippen molar-refractivity contribution in [2.75, 3.05) is 6.54 Å². The zero-order valence-electron chi connectivity index (χ0n) is 24.5. The molecule has 0 aromatic carbocycles. The summed E-state index contributed by atoms with van der Waals surface area (Å²) in [6, 6.07) is -0.486. The number of halogens is 1. The molecule has 9 heteroatoms. The first kappa shape index (κ1) is 30.1. The number of carbonyl (C=O) groups excluding carboxylic acids is 2. The molecule has 6 fully saturated rings. The Morgan fingerprint density at radius 2 is 1.87 bits per heavy atom. The smallest absolute Gasteiger partial charge is 0.404 e. The van der Waals surface area contributed by atoms with Gasteiger partial charge in [-0.15, -0.1) is 12.4 Å². The highest BCUT2D eigenvalue weighted by Gasteiger charge is 2.68. The molecule has 2 amide bonds. The van der Waals surface area contributed by atoms with Gasteiger partial charge < -0.3 is 25.3 Å². The van der Waals surface area contributed by atoms with Crippen LogP contribution < -0.4 is 11.1 Å². The van der Waals surface area contributed by atoms with E-state index in [1.54, 1.807) is 4.90 Å². The van der Waals surface area contributed by atoms with Crippen LogP contribution in [0.3, 0.4) is 0 Å². The predicted octanol–water partition coefficient (Wildman–Crippen LogP) is 4.50. The number of amides is 2. The maximum Gasteiger partial charge on any atom is 0.481 e. The standard InChI is InChI=1S/C29H50BN3O4.ClH/c1-7-24(30-36-23-17-20-16-22(27(20,4)5)28(23,6)37-30)32-25(34)21(15-19-11-9-8-10-12-19)33-14-13-29(31,18(2)3)26(33)35;/h18-24H,7-17,31H2,1-6H3,(H,32,34);1H/t20?,21-,22?,23?,24?,28?,29?;/m1./s1. The van der Waals surface area contributed by atoms with E-state index in [2.05, 4.69) is 33.0 Å². The Balaban J connectivity index is 0.00000336. The van der Waals surface area contributed by atoms with Gasteiger partial charge >= 0.3 is 7.12 Å². The van der Waals surface area contributed by atoms with Crippen molar-refractivity contribution in [2.24, 2.45) is 34.8 Å². The molecule has 4 aliphatic carbocycles. The topological polar surface area (TPSA) is 93.9 Å². The van der Waals surface area contributed by atoms with E-state index in [0.717, 1.165) is 19.3 Å². The minimum Gasteiger partial charge on any atom is -0.404 e. The number of nitrogens with two attached hydrogens (primary N) is 1. The Morgan fingerprint density at radius 1 is 1.18 bits per heavy atom. The van der Waals surface area contributed by atoms with Crippen LogP contribution in [0.5, 0.6) is 0 Å². The van der Waals surface area contributed by atoms with Gasteiger partial charge in [-0.1, -0.05) is 66.7 Å². The van der Waals surface area contributed by atoms with E-state index >= 15 is 0 Å². The van der Waals surface area contributed by atoms with Crippen molar-refractivity contribution >= 4 is 31.3 Å². The summed E-state index contributed by atoms with van der Waals surface area (Å²) in [5.41, 5.74) is 5.68. The zero-order chi connectivity index (χ0) is 26.8. The quantitative estimate of drug-likeness (QED) is 0.433. The SMILES string of the molecule is CCC(NC(=O)[C@@H](CC1CCCCC1)N1CCC(N)(C(C)C)C1=O)B1OC2CC3CC(C3(C)C)C2(C)O1.Cl. The van der Waals surface area contributed by atoms with E-state index in [0.29, 0.717) is 43.6 Å². The van der Waals surface area contributed by atoms with Gasteiger partial charge in [0.05, 0.1) is 23.2 Å². The zero-order valence-corrected chi connectivity index (χ0v) is 25.3. The van der Waals surface area contributed by atoms with Gasteiger partial charge in [0.1, 0.15) is 6.04 Å². The lowest BCUT2D eigenvalue weighted by molar-refractivity contribution is -0.199. The monoisotopic (exact) mass is 551 g/mol. The molecule has 3 N–H and O–H groups in total. The number of carbonyl (C=O) groups is 2. The average Bonchev–Trinajstić information content (AvgIpc) is 3.38. The van der Waals surface area contributed by atoms with Crippen molar-refractivity contribution in [1.29, 1.82) is 0 Å². The molecule has 0 radical (unpaired) electrons. The first-order chi connectivity index (χ1) is 17.4. The van der Waals surface area contributed by atoms with Crippen LogP contribution in [0.4, 0.5) is 0 Å². The van der Waals surface area contributed by atoms with Crippen LogP contribution in [-0.4, -0.2) is 59.6 Å². The molecule has 7 nitrogen and oxygen atoms in total. The van der Waals surface area contributed by atoms with Gasteiger partial charge in [-0.3, -0.25) is 9.59 Å². The van der Waals surface area contributed by atoms with Gasteiger partial charge in [0.2, 0.25) is 11.8 Å². The number of rotatable bonds is 8. The molecule has 0 aromatic rings. The minimum absolute atomic E-state index is 0. The van der Waals surface area contributed by atoms with Crippen LogP contribution in [0.15, 0.2) is 0 Å². The Morgan fingerprint density at radius 3 is 2.45 bits per heavy atom. The lowest BCUT2D eigenvalue weighted by Gasteiger charge is -2.64. The fourth-order valence-corrected chi connectivity index (χ4v) is 8.44. The normalized spacial score (nSPS) is 37.9. The van der Waals surface area contributed by atoms with Gasteiger partial charge in [0.15, 0.2) is 0 Å². The van der Waals surface area contributed by atoms with Crippen LogP contribution in [0, 0.1) is 29.1 Å². The second-order valence-electron chi connectivity index (χ2n) is 14.1. The number of nitrogens with zero attached hydrogens (tertiary/aromatic N) is 1. The Hall–Kier alpha value is -0.825. The Kier molecular flexibility index (Phi) is 8.62. The largest absolute Gasteiger partial charge is 0.481 e. The molecule has 0 aromatic heterocycles. The highest BCUT2D eigenvalue weighted by molar-refractivity contribution is 6.47. The van der Waals surface area contributed by atoms with Crippen molar-refractivity contribution in [3.8, 4) is 0 Å². The molecule has 2 aliphatic heterocycles. The van der Waals surface area contributed by atoms with Gasteiger partial charge in [0.25, 0.3) is 0 Å². The van der Waals surface area contributed by atoms with Gasteiger partial charge in [-0.25, -0.2) is 0 Å². The third kappa shape index (κ3) is 4.84. The summed E-state index contributed by atoms with van der Waals surface area (Å²) in [5.74, 6) is 1.29. The third-order valence-electron chi connectivity index (χ3n) is 11.5. The van der Waals surface area contributed by atoms with Crippen LogP contribution in [0.2, 0.25) is 0 Å². The van der Waals surface area contributed by atoms with Gasteiger partial charge in [-0.05, 0) is 68.1 Å². The van der Waals surface area contributed by atoms with Crippen LogP contribution in [0.25, 0.3) is 0 Å². The van der Waals surface area contributed by atoms with Crippen molar-refractivity contribution in [2.45, 2.75) is 135 Å². The van der Waals surface area contributed by atoms with E-state index < -0.39 is 18.7 Å². The van der Waals surface area contributed by atoms with Gasteiger partial charge in [0, 0.05) is 6.54 Å². The highest BCUT2D eigenvalue weighted by atomic mass is 35.5. The number of hydrogen-bond acceptors (Lipinski definition) is 5. The summed E-state index contributed by atoms with van der Waals surface area (Å²) in [6.07, 6.45) is 10.3. The van der Waals surface area contributed by atoms with E-state index in [9.17, 15) is 9.59 Å². The fraction of sp³-hybridized carbons (Fsp3) is 0.931. The van der Waals surface area contributed by atoms with Crippen LogP contribution >= 0.6 is 12.4 Å². The first-order valence-corrected chi connectivity index (χ1v) is 15.1. The van der Waals surface area contributed by atoms with Crippen molar-refractivity contribution in [1.82, 2.24) is 10.2 Å². The summed E-state index contributed by atoms with van der Waals surface area (Å²) in [7, 11) is -0.451. The number of hydrogen-bond donors (Lipinski definition) is 2. The highest BCUT2D eigenvalue weighted by Crippen LogP contribution is 2.65. The Labute approximate surface area is 236 Å². The molecule has 0 spiro atoms. The molecule has 2 saturated heterocycles. The molecular formula is C29H51BClN3O4. The van der Waals surface area contributed by atoms with Crippen molar-refractivity contribution in [3.05, 3.63) is 0 Å². The molecule has 6 rings (SSSR count). The molecule has 2 bridgehead atoms. The summed E-state index contributed by atoms with van der Waals surface area (Å²) in [5, 5.41) is 3.30. The Bertz CT molecular complexity index is 899. The van der Waals surface area contributed by atoms with E-state index in [1.165, 1.54) is 25.7 Å². The van der Waals surface area contributed by atoms with Crippen molar-refractivity contribution in [3.63, 3.8) is 0 Å². The first-order valence-electron chi connectivity index (χ1n) is 15.1. The second-order valence-corrected chi connectivity index (χ2v) is 14.1. The van der Waals surface area contributed by atoms with E-state index in [1.807, 2.05) is 13.8 Å². The van der Waals surface area contributed by atoms with E-state index in [4.69, 9.17) is 15.0 Å². The minimum atomic E-state index is -0.884. The van der Waals surface area contributed by atoms with Crippen molar-refractivity contribution < 1.29 is 18.9 Å². The lowest BCUT2D eigenvalue weighted by Crippen LogP contribution is -2.65. The summed E-state index contributed by atoms with van der Waals surface area (Å²) in [4.78, 5) is 29.3. The van der Waals surface area contributed by atoms with E-state index in [-0.39, 0.29) is 53.2 Å². The molecular weight excluding hydrogens is 501 g/mol.